The number of pyridine rings is 1. The molecule has 0 atom stereocenters. The first-order chi connectivity index (χ1) is 16.6. The van der Waals surface area contributed by atoms with Crippen molar-refractivity contribution in [2.24, 2.45) is 0 Å². The number of carbonyl (C=O) groups excluding carboxylic acids is 1. The summed E-state index contributed by atoms with van der Waals surface area (Å²) in [4.78, 5) is 21.7. The Morgan fingerprint density at radius 1 is 0.912 bits per heavy atom. The van der Waals surface area contributed by atoms with E-state index in [0.717, 1.165) is 42.2 Å². The van der Waals surface area contributed by atoms with Crippen LogP contribution in [0.4, 0.5) is 0 Å². The zero-order valence-electron chi connectivity index (χ0n) is 18.5. The number of rotatable bonds is 6. The molecule has 0 spiro atoms. The van der Waals surface area contributed by atoms with E-state index in [2.05, 4.69) is 9.30 Å². The topological polar surface area (TPSA) is 50.1 Å². The van der Waals surface area contributed by atoms with E-state index in [9.17, 15) is 4.79 Å². The minimum Gasteiger partial charge on any atom is -0.482 e. The summed E-state index contributed by atoms with van der Waals surface area (Å²) in [5.74, 6) is 0.495. The number of nitrogens with zero attached hydrogens (tertiary/aromatic N) is 4. The highest BCUT2D eigenvalue weighted by molar-refractivity contribution is 6.32. The third-order valence-corrected chi connectivity index (χ3v) is 6.60. The number of ether oxygens (including phenoxy) is 1. The van der Waals surface area contributed by atoms with E-state index in [1.54, 1.807) is 12.1 Å². The highest BCUT2D eigenvalue weighted by atomic mass is 35.5. The molecule has 1 aliphatic heterocycles. The minimum atomic E-state index is -0.0313. The number of amides is 1. The lowest BCUT2D eigenvalue weighted by molar-refractivity contribution is -0.135. The SMILES string of the molecule is O=C(COc1ccccc1Cl)N1CCN(Cc2c(-c3ccc(Cl)cc3)nc3ccccn23)CC1. The summed E-state index contributed by atoms with van der Waals surface area (Å²) in [6.07, 6.45) is 2.04. The Labute approximate surface area is 208 Å². The molecule has 0 aliphatic carbocycles. The van der Waals surface area contributed by atoms with Crippen LogP contribution in [0.2, 0.25) is 10.0 Å². The number of halogens is 2. The van der Waals surface area contributed by atoms with Crippen LogP contribution in [-0.2, 0) is 11.3 Å². The fraction of sp³-hybridized carbons (Fsp3) is 0.231. The molecule has 5 rings (SSSR count). The van der Waals surface area contributed by atoms with Gasteiger partial charge in [0.15, 0.2) is 6.61 Å². The van der Waals surface area contributed by atoms with Crippen molar-refractivity contribution < 1.29 is 9.53 Å². The Morgan fingerprint density at radius 2 is 1.65 bits per heavy atom. The molecule has 8 heteroatoms. The third kappa shape index (κ3) is 4.89. The van der Waals surface area contributed by atoms with Gasteiger partial charge in [-0.25, -0.2) is 4.98 Å². The molecule has 34 heavy (non-hydrogen) atoms. The van der Waals surface area contributed by atoms with Gasteiger partial charge in [0.2, 0.25) is 0 Å². The monoisotopic (exact) mass is 494 g/mol. The molecule has 2 aromatic heterocycles. The molecule has 6 nitrogen and oxygen atoms in total. The zero-order valence-corrected chi connectivity index (χ0v) is 20.0. The average Bonchev–Trinajstić information content (AvgIpc) is 3.22. The fourth-order valence-electron chi connectivity index (χ4n) is 4.20. The molecule has 0 unspecified atom stereocenters. The van der Waals surface area contributed by atoms with Crippen LogP contribution < -0.4 is 4.74 Å². The van der Waals surface area contributed by atoms with Crippen molar-refractivity contribution in [2.75, 3.05) is 32.8 Å². The molecular formula is C26H24Cl2N4O2. The Bertz CT molecular complexity index is 1300. The fourth-order valence-corrected chi connectivity index (χ4v) is 4.51. The zero-order chi connectivity index (χ0) is 23.5. The normalized spacial score (nSPS) is 14.5. The lowest BCUT2D eigenvalue weighted by Gasteiger charge is -2.34. The quantitative estimate of drug-likeness (QED) is 0.377. The molecule has 4 aromatic rings. The van der Waals surface area contributed by atoms with Crippen LogP contribution in [0.15, 0.2) is 72.9 Å². The van der Waals surface area contributed by atoms with Gasteiger partial charge in [-0.3, -0.25) is 9.69 Å². The molecule has 3 heterocycles. The van der Waals surface area contributed by atoms with Crippen LogP contribution in [0.5, 0.6) is 5.75 Å². The number of hydrogen-bond acceptors (Lipinski definition) is 4. The van der Waals surface area contributed by atoms with E-state index in [4.69, 9.17) is 32.9 Å². The third-order valence-electron chi connectivity index (χ3n) is 6.03. The molecule has 1 fully saturated rings. The summed E-state index contributed by atoms with van der Waals surface area (Å²) in [5.41, 5.74) is 4.02. The largest absolute Gasteiger partial charge is 0.482 e. The van der Waals surface area contributed by atoms with Crippen LogP contribution in [0.1, 0.15) is 5.69 Å². The molecule has 1 amide bonds. The summed E-state index contributed by atoms with van der Waals surface area (Å²) >= 11 is 12.2. The lowest BCUT2D eigenvalue weighted by atomic mass is 10.1. The highest BCUT2D eigenvalue weighted by Crippen LogP contribution is 2.27. The van der Waals surface area contributed by atoms with Gasteiger partial charge >= 0.3 is 0 Å². The minimum absolute atomic E-state index is 0.0162. The van der Waals surface area contributed by atoms with Crippen LogP contribution in [-0.4, -0.2) is 57.9 Å². The maximum absolute atomic E-state index is 12.7. The number of para-hydroxylation sites is 1. The van der Waals surface area contributed by atoms with E-state index in [0.29, 0.717) is 28.9 Å². The van der Waals surface area contributed by atoms with Gasteiger partial charge in [0, 0.05) is 49.5 Å². The Hall–Kier alpha value is -3.06. The smallest absolute Gasteiger partial charge is 0.260 e. The molecule has 0 bridgehead atoms. The van der Waals surface area contributed by atoms with Gasteiger partial charge in [0.1, 0.15) is 11.4 Å². The van der Waals surface area contributed by atoms with Crippen LogP contribution in [0.3, 0.4) is 0 Å². The molecular weight excluding hydrogens is 471 g/mol. The number of imidazole rings is 1. The van der Waals surface area contributed by atoms with Crippen molar-refractivity contribution in [3.05, 3.63) is 88.7 Å². The van der Waals surface area contributed by atoms with E-state index in [1.807, 2.05) is 65.7 Å². The van der Waals surface area contributed by atoms with Crippen molar-refractivity contribution in [3.8, 4) is 17.0 Å². The van der Waals surface area contributed by atoms with Gasteiger partial charge < -0.3 is 14.0 Å². The predicted octanol–water partition coefficient (Wildman–Crippen LogP) is 5.03. The van der Waals surface area contributed by atoms with E-state index >= 15 is 0 Å². The molecule has 1 saturated heterocycles. The number of fused-ring (bicyclic) bond motifs is 1. The second kappa shape index (κ2) is 10.1. The van der Waals surface area contributed by atoms with Gasteiger partial charge in [-0.2, -0.15) is 0 Å². The first kappa shape index (κ1) is 22.7. The first-order valence-electron chi connectivity index (χ1n) is 11.2. The maximum atomic E-state index is 12.7. The number of aromatic nitrogens is 2. The van der Waals surface area contributed by atoms with Crippen LogP contribution in [0, 0.1) is 0 Å². The number of hydrogen-bond donors (Lipinski definition) is 0. The van der Waals surface area contributed by atoms with Crippen molar-refractivity contribution >= 4 is 34.8 Å². The summed E-state index contributed by atoms with van der Waals surface area (Å²) in [6, 6.07) is 21.0. The van der Waals surface area contributed by atoms with Gasteiger partial charge in [-0.05, 0) is 36.4 Å². The second-order valence-electron chi connectivity index (χ2n) is 8.22. The van der Waals surface area contributed by atoms with Crippen molar-refractivity contribution in [1.29, 1.82) is 0 Å². The standard InChI is InChI=1S/C26H24Cl2N4O2/c27-20-10-8-19(9-11-20)26-22(32-12-4-3-7-24(32)29-26)17-30-13-15-31(16-14-30)25(33)18-34-23-6-2-1-5-21(23)28/h1-12H,13-18H2. The molecule has 174 valence electrons. The Morgan fingerprint density at radius 3 is 2.41 bits per heavy atom. The molecule has 2 aromatic carbocycles. The average molecular weight is 495 g/mol. The molecule has 1 aliphatic rings. The summed E-state index contributed by atoms with van der Waals surface area (Å²) in [7, 11) is 0. The van der Waals surface area contributed by atoms with Crippen molar-refractivity contribution in [3.63, 3.8) is 0 Å². The second-order valence-corrected chi connectivity index (χ2v) is 9.06. The van der Waals surface area contributed by atoms with Crippen molar-refractivity contribution in [1.82, 2.24) is 19.2 Å². The predicted molar refractivity (Wildman–Crippen MR) is 134 cm³/mol. The van der Waals surface area contributed by atoms with E-state index in [-0.39, 0.29) is 12.5 Å². The Kier molecular flexibility index (Phi) is 6.72. The first-order valence-corrected chi connectivity index (χ1v) is 11.9. The van der Waals surface area contributed by atoms with E-state index < -0.39 is 0 Å². The summed E-state index contributed by atoms with van der Waals surface area (Å²) in [6.45, 7) is 3.57. The van der Waals surface area contributed by atoms with Gasteiger partial charge in [-0.15, -0.1) is 0 Å². The van der Waals surface area contributed by atoms with Crippen molar-refractivity contribution in [2.45, 2.75) is 6.54 Å². The number of piperazine rings is 1. The van der Waals surface area contributed by atoms with E-state index in [1.165, 1.54) is 0 Å². The van der Waals surface area contributed by atoms with Crippen LogP contribution in [0.25, 0.3) is 16.9 Å². The Balaban J connectivity index is 1.25. The number of carbonyl (C=O) groups is 1. The van der Waals surface area contributed by atoms with Crippen LogP contribution >= 0.6 is 23.2 Å². The lowest BCUT2D eigenvalue weighted by Crippen LogP contribution is -2.49. The molecule has 0 saturated carbocycles. The maximum Gasteiger partial charge on any atom is 0.260 e. The number of benzene rings is 2. The van der Waals surface area contributed by atoms with Gasteiger partial charge in [-0.1, -0.05) is 53.5 Å². The highest BCUT2D eigenvalue weighted by Gasteiger charge is 2.24. The molecule has 0 radical (unpaired) electrons. The van der Waals surface area contributed by atoms with Gasteiger partial charge in [0.05, 0.1) is 16.4 Å². The molecule has 0 N–H and O–H groups in total. The van der Waals surface area contributed by atoms with Gasteiger partial charge in [0.25, 0.3) is 5.91 Å². The summed E-state index contributed by atoms with van der Waals surface area (Å²) in [5, 5.41) is 1.21. The summed E-state index contributed by atoms with van der Waals surface area (Å²) < 4.78 is 7.77.